The van der Waals surface area contributed by atoms with Crippen LogP contribution in [0.4, 0.5) is 13.2 Å². The lowest BCUT2D eigenvalue weighted by atomic mass is 10.0. The van der Waals surface area contributed by atoms with E-state index in [1.165, 1.54) is 0 Å². The van der Waals surface area contributed by atoms with Gasteiger partial charge in [0.25, 0.3) is 5.01 Å². The zero-order valence-electron chi connectivity index (χ0n) is 21.2. The van der Waals surface area contributed by atoms with Gasteiger partial charge < -0.3 is 15.5 Å². The molecule has 2 aromatic carbocycles. The van der Waals surface area contributed by atoms with Crippen LogP contribution in [0.2, 0.25) is 0 Å². The quantitative estimate of drug-likeness (QED) is 0.321. The van der Waals surface area contributed by atoms with E-state index in [1.807, 2.05) is 36.1 Å². The van der Waals surface area contributed by atoms with E-state index in [2.05, 4.69) is 15.2 Å². The predicted molar refractivity (Wildman–Crippen MR) is 139 cm³/mol. The number of β-amino-alcohol motifs (C(OH)–C–C–N with tert-alkyl or cyclic N) is 1. The maximum atomic E-state index is 12.8. The lowest BCUT2D eigenvalue weighted by Gasteiger charge is -2.35. The molecule has 1 saturated heterocycles. The summed E-state index contributed by atoms with van der Waals surface area (Å²) in [6.45, 7) is 4.68. The number of aliphatic hydroxyl groups excluding tert-OH is 1. The van der Waals surface area contributed by atoms with E-state index < -0.39 is 46.5 Å². The zero-order chi connectivity index (χ0) is 28.2. The second kappa shape index (κ2) is 12.4. The molecule has 1 fully saturated rings. The highest BCUT2D eigenvalue weighted by Crippen LogP contribution is 2.32. The standard InChI is InChI=1S/C26H29F3N4O5S/c1-17-30-21-4-2-3-5-22(21)39(17)38-16-20(34)14-32-10-12-33(13-11-32)15-23(35)31-24(25(36)37)18-6-8-19(9-7-18)26(27,28)29/h2-9,20,24,34H,10-16H2,1H3,(H-,31,35,36,37)/p+1/t20-,24+,39?/m1/s1. The van der Waals surface area contributed by atoms with Gasteiger partial charge in [0.1, 0.15) is 12.1 Å². The number of carboxylic acid groups (broad SMARTS) is 1. The fraction of sp³-hybridized carbons (Fsp3) is 0.423. The molecule has 1 unspecified atom stereocenters. The Kier molecular flexibility index (Phi) is 9.18. The Hall–Kier alpha value is -3.10. The number of rotatable bonds is 10. The second-order valence-corrected chi connectivity index (χ2v) is 11.1. The highest BCUT2D eigenvalue weighted by Gasteiger charge is 2.31. The van der Waals surface area contributed by atoms with Crippen LogP contribution < -0.4 is 9.50 Å². The summed E-state index contributed by atoms with van der Waals surface area (Å²) >= 11 is 0. The molecule has 0 saturated carbocycles. The Bertz CT molecular complexity index is 1290. The van der Waals surface area contributed by atoms with Gasteiger partial charge in [-0.25, -0.2) is 4.79 Å². The molecule has 3 N–H and O–H groups in total. The minimum absolute atomic E-state index is 0.0491. The van der Waals surface area contributed by atoms with Crippen LogP contribution in [0, 0.1) is 6.92 Å². The van der Waals surface area contributed by atoms with Gasteiger partial charge in [0, 0.05) is 45.7 Å². The van der Waals surface area contributed by atoms with E-state index in [0.29, 0.717) is 32.7 Å². The number of nitrogens with zero attached hydrogens (tertiary/aromatic N) is 3. The Balaban J connectivity index is 1.22. The van der Waals surface area contributed by atoms with Crippen molar-refractivity contribution in [2.24, 2.45) is 0 Å². The molecule has 0 bridgehead atoms. The van der Waals surface area contributed by atoms with Crippen molar-refractivity contribution < 1.29 is 37.2 Å². The third kappa shape index (κ3) is 7.51. The van der Waals surface area contributed by atoms with Crippen molar-refractivity contribution in [3.05, 3.63) is 64.7 Å². The number of hydrogen-bond donors (Lipinski definition) is 3. The first-order valence-corrected chi connectivity index (χ1v) is 13.5. The molecule has 1 aliphatic heterocycles. The Morgan fingerprint density at radius 3 is 2.36 bits per heavy atom. The number of aryl methyl sites for hydroxylation is 1. The van der Waals surface area contributed by atoms with Gasteiger partial charge in [-0.1, -0.05) is 24.3 Å². The second-order valence-electron chi connectivity index (χ2n) is 9.34. The average molecular weight is 568 g/mol. The van der Waals surface area contributed by atoms with Gasteiger partial charge in [-0.15, -0.1) is 4.18 Å². The number of benzene rings is 2. The smallest absolute Gasteiger partial charge is 0.416 e. The van der Waals surface area contributed by atoms with E-state index in [4.69, 9.17) is 4.18 Å². The number of alkyl halides is 3. The minimum Gasteiger partial charge on any atom is -0.479 e. The third-order valence-electron chi connectivity index (χ3n) is 6.41. The lowest BCUT2D eigenvalue weighted by molar-refractivity contribution is -0.142. The van der Waals surface area contributed by atoms with Crippen molar-refractivity contribution in [2.75, 3.05) is 45.9 Å². The molecule has 210 valence electrons. The van der Waals surface area contributed by atoms with E-state index >= 15 is 0 Å². The molecular weight excluding hydrogens is 537 g/mol. The van der Waals surface area contributed by atoms with Crippen molar-refractivity contribution in [3.8, 4) is 0 Å². The summed E-state index contributed by atoms with van der Waals surface area (Å²) in [5, 5.41) is 23.3. The number of carbonyl (C=O) groups is 2. The number of hydrogen-bond acceptors (Lipinski definition) is 7. The van der Waals surface area contributed by atoms with Crippen LogP contribution in [-0.2, 0) is 15.8 Å². The van der Waals surface area contributed by atoms with E-state index in [9.17, 15) is 33.0 Å². The number of amides is 1. The average Bonchev–Trinajstić information content (AvgIpc) is 3.21. The van der Waals surface area contributed by atoms with Crippen molar-refractivity contribution in [2.45, 2.75) is 25.2 Å². The van der Waals surface area contributed by atoms with Gasteiger partial charge in [0.05, 0.1) is 18.2 Å². The summed E-state index contributed by atoms with van der Waals surface area (Å²) in [5.41, 5.74) is 0.0413. The van der Waals surface area contributed by atoms with Gasteiger partial charge in [0.2, 0.25) is 10.6 Å². The molecule has 4 rings (SSSR count). The van der Waals surface area contributed by atoms with Gasteiger partial charge in [0.15, 0.2) is 16.8 Å². The van der Waals surface area contributed by atoms with Crippen LogP contribution in [0.1, 0.15) is 22.2 Å². The van der Waals surface area contributed by atoms with Gasteiger partial charge in [-0.05, 0) is 23.8 Å². The highest BCUT2D eigenvalue weighted by atomic mass is 32.2. The van der Waals surface area contributed by atoms with E-state index in [1.54, 1.807) is 0 Å². The molecule has 2 heterocycles. The summed E-state index contributed by atoms with van der Waals surface area (Å²) in [7, 11) is -0.587. The third-order valence-corrected chi connectivity index (χ3v) is 8.16. The molecule has 1 amide bonds. The molecule has 3 atom stereocenters. The number of aromatic nitrogens is 1. The van der Waals surface area contributed by atoms with Crippen molar-refractivity contribution in [3.63, 3.8) is 0 Å². The van der Waals surface area contributed by atoms with Crippen LogP contribution in [-0.4, -0.2) is 88.9 Å². The topological polar surface area (TPSA) is 115 Å². The molecule has 9 nitrogen and oxygen atoms in total. The predicted octanol–water partition coefficient (Wildman–Crippen LogP) is 2.66. The summed E-state index contributed by atoms with van der Waals surface area (Å²) in [6.07, 6.45) is -5.24. The number of halogens is 3. The first-order valence-electron chi connectivity index (χ1n) is 12.3. The van der Waals surface area contributed by atoms with E-state index in [-0.39, 0.29) is 18.7 Å². The summed E-state index contributed by atoms with van der Waals surface area (Å²) in [6, 6.07) is 9.98. The SMILES string of the molecule is Cc1nc2ccccc2[s+]1OC[C@H](O)CN1CCN(CC(=O)N[C@H](C(=O)O)c2ccc(C(F)(F)F)cc2)CC1. The first-order chi connectivity index (χ1) is 18.5. The summed E-state index contributed by atoms with van der Waals surface area (Å²) in [5.74, 6) is -1.91. The normalized spacial score (nSPS) is 17.2. The number of carbonyl (C=O) groups excluding carboxylic acids is 1. The largest absolute Gasteiger partial charge is 0.479 e. The summed E-state index contributed by atoms with van der Waals surface area (Å²) in [4.78, 5) is 32.7. The molecule has 0 spiro atoms. The maximum Gasteiger partial charge on any atom is 0.416 e. The highest BCUT2D eigenvalue weighted by molar-refractivity contribution is 7.32. The van der Waals surface area contributed by atoms with Crippen LogP contribution in [0.25, 0.3) is 10.2 Å². The molecule has 1 aliphatic rings. The molecular formula is C26H30F3N4O5S+. The van der Waals surface area contributed by atoms with Crippen molar-refractivity contribution in [1.82, 2.24) is 20.1 Å². The van der Waals surface area contributed by atoms with Gasteiger partial charge >= 0.3 is 12.1 Å². The van der Waals surface area contributed by atoms with Crippen LogP contribution >= 0.6 is 10.8 Å². The number of para-hydroxylation sites is 1. The zero-order valence-corrected chi connectivity index (χ0v) is 22.0. The molecule has 1 aromatic heterocycles. The maximum absolute atomic E-state index is 12.8. The number of aliphatic carboxylic acids is 1. The van der Waals surface area contributed by atoms with Crippen molar-refractivity contribution in [1.29, 1.82) is 0 Å². The fourth-order valence-corrected chi connectivity index (χ4v) is 6.01. The van der Waals surface area contributed by atoms with Crippen LogP contribution in [0.3, 0.4) is 0 Å². The molecule has 39 heavy (non-hydrogen) atoms. The van der Waals surface area contributed by atoms with Crippen LogP contribution in [0.5, 0.6) is 0 Å². The van der Waals surface area contributed by atoms with E-state index in [0.717, 1.165) is 39.5 Å². The molecule has 0 radical (unpaired) electrons. The monoisotopic (exact) mass is 567 g/mol. The number of carboxylic acids is 1. The number of thiazole rings is 1. The first kappa shape index (κ1) is 28.9. The number of nitrogens with one attached hydrogen (secondary N) is 1. The number of fused-ring (bicyclic) bond motifs is 1. The molecule has 13 heteroatoms. The Morgan fingerprint density at radius 2 is 1.72 bits per heavy atom. The Morgan fingerprint density at radius 1 is 1.08 bits per heavy atom. The number of piperazine rings is 1. The Labute approximate surface area is 226 Å². The molecule has 3 aromatic rings. The fourth-order valence-electron chi connectivity index (χ4n) is 4.41. The summed E-state index contributed by atoms with van der Waals surface area (Å²) < 4.78 is 45.4. The van der Waals surface area contributed by atoms with Gasteiger partial charge in [-0.3, -0.25) is 14.6 Å². The van der Waals surface area contributed by atoms with Crippen LogP contribution in [0.15, 0.2) is 48.5 Å². The lowest BCUT2D eigenvalue weighted by Crippen LogP contribution is -2.51. The van der Waals surface area contributed by atoms with Crippen molar-refractivity contribution >= 4 is 32.8 Å². The minimum atomic E-state index is -4.54. The number of aliphatic hydroxyl groups is 1. The molecule has 0 aliphatic carbocycles. The van der Waals surface area contributed by atoms with Gasteiger partial charge in [-0.2, -0.15) is 18.2 Å².